The average molecular weight is 260 g/mol. The van der Waals surface area contributed by atoms with E-state index in [0.29, 0.717) is 24.6 Å². The maximum absolute atomic E-state index is 11.2. The molecule has 0 aromatic heterocycles. The Morgan fingerprint density at radius 1 is 1.37 bits per heavy atom. The molecule has 0 saturated carbocycles. The van der Waals surface area contributed by atoms with Crippen molar-refractivity contribution in [2.45, 2.75) is 32.9 Å². The predicted octanol–water partition coefficient (Wildman–Crippen LogP) is 2.33. The maximum atomic E-state index is 11.2. The molecule has 4 heteroatoms. The smallest absolute Gasteiger partial charge is 0.306 e. The molecule has 0 bridgehead atoms. The Bertz CT molecular complexity index is 446. The fraction of sp³-hybridized carbons (Fsp3) is 0.467. The number of methoxy groups -OCH3 is 1. The third-order valence-corrected chi connectivity index (χ3v) is 3.03. The van der Waals surface area contributed by atoms with Crippen molar-refractivity contribution in [3.8, 4) is 6.07 Å². The highest BCUT2D eigenvalue weighted by molar-refractivity contribution is 5.69. The van der Waals surface area contributed by atoms with E-state index in [0.717, 1.165) is 12.1 Å². The topological polar surface area (TPSA) is 53.3 Å². The Kier molecular flexibility index (Phi) is 6.04. The summed E-state index contributed by atoms with van der Waals surface area (Å²) in [4.78, 5) is 13.4. The Morgan fingerprint density at radius 3 is 2.47 bits per heavy atom. The number of nitrogens with zero attached hydrogens (tertiary/aromatic N) is 2. The zero-order chi connectivity index (χ0) is 14.3. The van der Waals surface area contributed by atoms with Crippen LogP contribution in [0.5, 0.6) is 0 Å². The van der Waals surface area contributed by atoms with Crippen molar-refractivity contribution in [2.24, 2.45) is 0 Å². The van der Waals surface area contributed by atoms with Crippen LogP contribution >= 0.6 is 0 Å². The highest BCUT2D eigenvalue weighted by Gasteiger charge is 2.12. The number of hydrogen-bond acceptors (Lipinski definition) is 4. The van der Waals surface area contributed by atoms with Crippen LogP contribution in [0.4, 0.5) is 0 Å². The van der Waals surface area contributed by atoms with Gasteiger partial charge in [0, 0.05) is 19.1 Å². The summed E-state index contributed by atoms with van der Waals surface area (Å²) in [7, 11) is 1.41. The van der Waals surface area contributed by atoms with Gasteiger partial charge in [-0.15, -0.1) is 0 Å². The van der Waals surface area contributed by atoms with Crippen molar-refractivity contribution >= 4 is 5.97 Å². The van der Waals surface area contributed by atoms with E-state index in [1.165, 1.54) is 7.11 Å². The number of hydrogen-bond donors (Lipinski definition) is 0. The number of nitriles is 1. The molecule has 1 aromatic rings. The molecular formula is C15H20N2O2. The van der Waals surface area contributed by atoms with Gasteiger partial charge >= 0.3 is 5.97 Å². The molecule has 1 rings (SSSR count). The summed E-state index contributed by atoms with van der Waals surface area (Å²) in [5, 5.41) is 8.76. The zero-order valence-electron chi connectivity index (χ0n) is 11.7. The molecule has 0 aliphatic heterocycles. The number of carbonyl (C=O) groups excluding carboxylic acids is 1. The largest absolute Gasteiger partial charge is 0.469 e. The lowest BCUT2D eigenvalue weighted by atomic mass is 10.1. The van der Waals surface area contributed by atoms with E-state index in [2.05, 4.69) is 29.6 Å². The molecule has 0 aliphatic rings. The fourth-order valence-electron chi connectivity index (χ4n) is 1.78. The quantitative estimate of drug-likeness (QED) is 0.737. The lowest BCUT2D eigenvalue weighted by molar-refractivity contribution is -0.141. The summed E-state index contributed by atoms with van der Waals surface area (Å²) in [6, 6.07) is 9.98. The number of ether oxygens (including phenoxy) is 1. The molecule has 1 aromatic carbocycles. The number of carbonyl (C=O) groups is 1. The lowest BCUT2D eigenvalue weighted by Gasteiger charge is -2.26. The molecule has 4 nitrogen and oxygen atoms in total. The lowest BCUT2D eigenvalue weighted by Crippen LogP contribution is -2.32. The van der Waals surface area contributed by atoms with Gasteiger partial charge in [-0.2, -0.15) is 5.26 Å². The first-order valence-corrected chi connectivity index (χ1v) is 6.36. The summed E-state index contributed by atoms with van der Waals surface area (Å²) in [5.74, 6) is -0.189. The van der Waals surface area contributed by atoms with Crippen molar-refractivity contribution in [1.82, 2.24) is 4.90 Å². The van der Waals surface area contributed by atoms with Crippen molar-refractivity contribution in [2.75, 3.05) is 13.7 Å². The van der Waals surface area contributed by atoms with Crippen molar-refractivity contribution in [3.05, 3.63) is 35.4 Å². The molecule has 0 fully saturated rings. The summed E-state index contributed by atoms with van der Waals surface area (Å²) in [6.45, 7) is 5.63. The summed E-state index contributed by atoms with van der Waals surface area (Å²) >= 11 is 0. The average Bonchev–Trinajstić information content (AvgIpc) is 2.43. The molecule has 0 spiro atoms. The normalized spacial score (nSPS) is 10.5. The molecule has 0 heterocycles. The third kappa shape index (κ3) is 5.11. The molecule has 0 amide bonds. The van der Waals surface area contributed by atoms with E-state index in [1.54, 1.807) is 0 Å². The number of rotatable bonds is 6. The van der Waals surface area contributed by atoms with Gasteiger partial charge in [0.25, 0.3) is 0 Å². The maximum Gasteiger partial charge on any atom is 0.306 e. The van der Waals surface area contributed by atoms with E-state index in [9.17, 15) is 4.79 Å². The molecule has 102 valence electrons. The molecule has 0 saturated heterocycles. The van der Waals surface area contributed by atoms with Gasteiger partial charge < -0.3 is 4.74 Å². The van der Waals surface area contributed by atoms with E-state index >= 15 is 0 Å². The molecule has 0 unspecified atom stereocenters. The van der Waals surface area contributed by atoms with Crippen LogP contribution in [0.2, 0.25) is 0 Å². The van der Waals surface area contributed by atoms with Gasteiger partial charge in [0.2, 0.25) is 0 Å². The van der Waals surface area contributed by atoms with Gasteiger partial charge in [-0.1, -0.05) is 12.1 Å². The van der Waals surface area contributed by atoms with E-state index in [4.69, 9.17) is 5.26 Å². The van der Waals surface area contributed by atoms with E-state index < -0.39 is 0 Å². The molecule has 0 radical (unpaired) electrons. The van der Waals surface area contributed by atoms with Gasteiger partial charge in [-0.3, -0.25) is 9.69 Å². The number of esters is 1. The van der Waals surface area contributed by atoms with Crippen LogP contribution in [0.3, 0.4) is 0 Å². The van der Waals surface area contributed by atoms with Crippen molar-refractivity contribution in [3.63, 3.8) is 0 Å². The minimum atomic E-state index is -0.189. The van der Waals surface area contributed by atoms with Crippen LogP contribution in [0, 0.1) is 11.3 Å². The Balaban J connectivity index is 2.62. The van der Waals surface area contributed by atoms with Crippen molar-refractivity contribution in [1.29, 1.82) is 5.26 Å². The van der Waals surface area contributed by atoms with Crippen LogP contribution in [0.15, 0.2) is 24.3 Å². The van der Waals surface area contributed by atoms with Crippen LogP contribution in [-0.2, 0) is 16.1 Å². The SMILES string of the molecule is COC(=O)CCN(Cc1ccc(C#N)cc1)C(C)C. The molecular weight excluding hydrogens is 240 g/mol. The first-order valence-electron chi connectivity index (χ1n) is 6.36. The predicted molar refractivity (Wildman–Crippen MR) is 73.3 cm³/mol. The second-order valence-corrected chi connectivity index (χ2v) is 4.70. The van der Waals surface area contributed by atoms with Crippen LogP contribution in [-0.4, -0.2) is 30.6 Å². The Labute approximate surface area is 114 Å². The van der Waals surface area contributed by atoms with Gasteiger partial charge in [0.05, 0.1) is 25.2 Å². The van der Waals surface area contributed by atoms with E-state index in [-0.39, 0.29) is 5.97 Å². The Hall–Kier alpha value is -1.86. The van der Waals surface area contributed by atoms with Gasteiger partial charge in [0.15, 0.2) is 0 Å². The first kappa shape index (κ1) is 15.2. The summed E-state index contributed by atoms with van der Waals surface area (Å²) in [6.07, 6.45) is 0.394. The Morgan fingerprint density at radius 2 is 2.00 bits per heavy atom. The molecule has 0 aliphatic carbocycles. The minimum Gasteiger partial charge on any atom is -0.469 e. The highest BCUT2D eigenvalue weighted by Crippen LogP contribution is 2.10. The van der Waals surface area contributed by atoms with Gasteiger partial charge in [0.1, 0.15) is 0 Å². The fourth-order valence-corrected chi connectivity index (χ4v) is 1.78. The second-order valence-electron chi connectivity index (χ2n) is 4.70. The third-order valence-electron chi connectivity index (χ3n) is 3.03. The minimum absolute atomic E-state index is 0.189. The first-order chi connectivity index (χ1) is 9.06. The molecule has 19 heavy (non-hydrogen) atoms. The van der Waals surface area contributed by atoms with Gasteiger partial charge in [-0.05, 0) is 31.5 Å². The number of benzene rings is 1. The summed E-state index contributed by atoms with van der Waals surface area (Å²) < 4.78 is 4.66. The summed E-state index contributed by atoms with van der Waals surface area (Å²) in [5.41, 5.74) is 1.80. The van der Waals surface area contributed by atoms with Crippen LogP contribution in [0.1, 0.15) is 31.4 Å². The standard InChI is InChI=1S/C15H20N2O2/c1-12(2)17(9-8-15(18)19-3)11-14-6-4-13(10-16)5-7-14/h4-7,12H,8-9,11H2,1-3H3. The van der Waals surface area contributed by atoms with Crippen molar-refractivity contribution < 1.29 is 9.53 Å². The van der Waals surface area contributed by atoms with Gasteiger partial charge in [-0.25, -0.2) is 0 Å². The van der Waals surface area contributed by atoms with Crippen LogP contribution < -0.4 is 0 Å². The second kappa shape index (κ2) is 7.55. The monoisotopic (exact) mass is 260 g/mol. The van der Waals surface area contributed by atoms with E-state index in [1.807, 2.05) is 24.3 Å². The molecule has 0 N–H and O–H groups in total. The van der Waals surface area contributed by atoms with Crippen LogP contribution in [0.25, 0.3) is 0 Å². The highest BCUT2D eigenvalue weighted by atomic mass is 16.5. The zero-order valence-corrected chi connectivity index (χ0v) is 11.7. The molecule has 0 atom stereocenters.